The van der Waals surface area contributed by atoms with Crippen molar-refractivity contribution in [2.45, 2.75) is 32.9 Å². The highest BCUT2D eigenvalue weighted by Crippen LogP contribution is 2.32. The fourth-order valence-electron chi connectivity index (χ4n) is 5.43. The molecule has 3 heterocycles. The first-order valence-electron chi connectivity index (χ1n) is 15.1. The van der Waals surface area contributed by atoms with Gasteiger partial charge in [0.25, 0.3) is 5.56 Å². The maximum absolute atomic E-state index is 14.3. The summed E-state index contributed by atoms with van der Waals surface area (Å²) < 4.78 is 20.5. The summed E-state index contributed by atoms with van der Waals surface area (Å²) in [5.74, 6) is 0.861. The molecule has 0 fully saturated rings. The lowest BCUT2D eigenvalue weighted by Gasteiger charge is -2.24. The quantitative estimate of drug-likeness (QED) is 0.145. The number of benzene rings is 3. The lowest BCUT2D eigenvalue weighted by Crippen LogP contribution is -2.39. The summed E-state index contributed by atoms with van der Waals surface area (Å²) in [7, 11) is 1.59. The van der Waals surface area contributed by atoms with Crippen LogP contribution in [-0.2, 0) is 9.53 Å². The Hall–Kier alpha value is -5.48. The van der Waals surface area contributed by atoms with Crippen LogP contribution in [0.1, 0.15) is 37.9 Å². The zero-order valence-corrected chi connectivity index (χ0v) is 27.4. The standard InChI is InChI=1S/C37H34N4O5S/c1-6-20-45-36(43)32-24(4)38-37-41(34(32)26-14-16-29(44-5)17-15-26)35(42)31(47-37)21-27-22-40(28-10-8-7-9-11-28)39-33(27)25-12-18-30(19-13-25)46-23(2)3/h6-19,21-23,34H,1,20H2,2-5H3. The number of hydrogen-bond donors (Lipinski definition) is 0. The normalized spacial score (nSPS) is 14.5. The maximum atomic E-state index is 14.3. The van der Waals surface area contributed by atoms with Crippen LogP contribution in [-0.4, -0.2) is 40.1 Å². The number of carbonyl (C=O) groups excluding carboxylic acids is 1. The van der Waals surface area contributed by atoms with E-state index in [0.29, 0.717) is 26.5 Å². The summed E-state index contributed by atoms with van der Waals surface area (Å²) in [6, 6.07) is 24.1. The van der Waals surface area contributed by atoms with E-state index in [9.17, 15) is 9.59 Å². The highest BCUT2D eigenvalue weighted by Gasteiger charge is 2.33. The fraction of sp³-hybridized carbons (Fsp3) is 0.189. The van der Waals surface area contributed by atoms with E-state index in [1.165, 1.54) is 17.4 Å². The van der Waals surface area contributed by atoms with Gasteiger partial charge in [-0.25, -0.2) is 14.5 Å². The number of allylic oxidation sites excluding steroid dienone is 1. The van der Waals surface area contributed by atoms with Crippen LogP contribution in [0.2, 0.25) is 0 Å². The van der Waals surface area contributed by atoms with Gasteiger partial charge >= 0.3 is 5.97 Å². The van der Waals surface area contributed by atoms with Crippen molar-refractivity contribution >= 4 is 23.4 Å². The predicted octanol–water partition coefficient (Wildman–Crippen LogP) is 5.61. The largest absolute Gasteiger partial charge is 0.497 e. The Kier molecular flexibility index (Phi) is 9.03. The van der Waals surface area contributed by atoms with Crippen LogP contribution in [0.3, 0.4) is 0 Å². The second-order valence-electron chi connectivity index (χ2n) is 11.1. The molecule has 0 N–H and O–H groups in total. The zero-order valence-electron chi connectivity index (χ0n) is 26.5. The van der Waals surface area contributed by atoms with Gasteiger partial charge in [-0.1, -0.05) is 54.3 Å². The molecule has 5 aromatic rings. The molecule has 0 bridgehead atoms. The number of fused-ring (bicyclic) bond motifs is 1. The summed E-state index contributed by atoms with van der Waals surface area (Å²) in [4.78, 5) is 32.9. The molecular formula is C37H34N4O5S. The van der Waals surface area contributed by atoms with Gasteiger partial charge in [0.2, 0.25) is 0 Å². The summed E-state index contributed by atoms with van der Waals surface area (Å²) >= 11 is 1.26. The molecule has 6 rings (SSSR count). The van der Waals surface area contributed by atoms with E-state index < -0.39 is 12.0 Å². The zero-order chi connectivity index (χ0) is 33.1. The van der Waals surface area contributed by atoms with Crippen LogP contribution in [0.25, 0.3) is 23.0 Å². The third-order valence-electron chi connectivity index (χ3n) is 7.55. The first-order valence-corrected chi connectivity index (χ1v) is 16.0. The number of hydrogen-bond acceptors (Lipinski definition) is 8. The van der Waals surface area contributed by atoms with Crippen molar-refractivity contribution in [1.29, 1.82) is 0 Å². The molecule has 0 spiro atoms. The van der Waals surface area contributed by atoms with Crippen LogP contribution in [0.15, 0.2) is 119 Å². The van der Waals surface area contributed by atoms with Gasteiger partial charge in [-0.2, -0.15) is 5.10 Å². The van der Waals surface area contributed by atoms with Gasteiger partial charge in [-0.15, -0.1) is 0 Å². The van der Waals surface area contributed by atoms with E-state index in [-0.39, 0.29) is 23.8 Å². The Bertz CT molecular complexity index is 2140. The number of aromatic nitrogens is 3. The van der Waals surface area contributed by atoms with Gasteiger partial charge in [-0.05, 0) is 80.9 Å². The van der Waals surface area contributed by atoms with Crippen LogP contribution in [0.4, 0.5) is 0 Å². The lowest BCUT2D eigenvalue weighted by atomic mass is 9.96. The molecule has 238 valence electrons. The number of esters is 1. The van der Waals surface area contributed by atoms with Gasteiger partial charge in [0.1, 0.15) is 23.8 Å². The molecule has 3 aromatic carbocycles. The SMILES string of the molecule is C=CCOC(=O)C1=C(C)N=c2sc(=Cc3cn(-c4ccccc4)nc3-c3ccc(OC(C)C)cc3)c(=O)n2C1c1ccc(OC)cc1. The second kappa shape index (κ2) is 13.5. The van der Waals surface area contributed by atoms with Crippen molar-refractivity contribution in [3.8, 4) is 28.4 Å². The van der Waals surface area contributed by atoms with Crippen molar-refractivity contribution in [2.24, 2.45) is 4.99 Å². The fourth-order valence-corrected chi connectivity index (χ4v) is 6.47. The number of thiazole rings is 1. The van der Waals surface area contributed by atoms with Crippen LogP contribution < -0.4 is 24.4 Å². The number of methoxy groups -OCH3 is 1. The van der Waals surface area contributed by atoms with Gasteiger partial charge in [0.05, 0.1) is 40.7 Å². The van der Waals surface area contributed by atoms with Crippen molar-refractivity contribution in [3.63, 3.8) is 0 Å². The minimum absolute atomic E-state index is 0.0358. The molecule has 9 nitrogen and oxygen atoms in total. The predicted molar refractivity (Wildman–Crippen MR) is 183 cm³/mol. The van der Waals surface area contributed by atoms with E-state index in [2.05, 4.69) is 6.58 Å². The minimum atomic E-state index is -0.753. The molecule has 0 amide bonds. The average molecular weight is 647 g/mol. The van der Waals surface area contributed by atoms with Crippen LogP contribution in [0, 0.1) is 0 Å². The smallest absolute Gasteiger partial charge is 0.338 e. The minimum Gasteiger partial charge on any atom is -0.497 e. The molecule has 47 heavy (non-hydrogen) atoms. The van der Waals surface area contributed by atoms with E-state index in [4.69, 9.17) is 24.3 Å². The van der Waals surface area contributed by atoms with E-state index in [1.54, 1.807) is 35.4 Å². The number of nitrogens with zero attached hydrogens (tertiary/aromatic N) is 4. The molecule has 1 aliphatic heterocycles. The van der Waals surface area contributed by atoms with Crippen molar-refractivity contribution in [2.75, 3.05) is 13.7 Å². The third kappa shape index (κ3) is 6.45. The van der Waals surface area contributed by atoms with Gasteiger partial charge < -0.3 is 14.2 Å². The highest BCUT2D eigenvalue weighted by atomic mass is 32.1. The van der Waals surface area contributed by atoms with Crippen molar-refractivity contribution in [3.05, 3.63) is 140 Å². The van der Waals surface area contributed by atoms with Gasteiger partial charge in [-0.3, -0.25) is 9.36 Å². The van der Waals surface area contributed by atoms with Crippen molar-refractivity contribution in [1.82, 2.24) is 14.3 Å². The number of carbonyl (C=O) groups is 1. The van der Waals surface area contributed by atoms with Gasteiger partial charge in [0, 0.05) is 17.3 Å². The molecule has 0 aliphatic carbocycles. The number of para-hydroxylation sites is 1. The van der Waals surface area contributed by atoms with E-state index in [0.717, 1.165) is 28.1 Å². The molecule has 0 radical (unpaired) electrons. The molecular weight excluding hydrogens is 612 g/mol. The topological polar surface area (TPSA) is 96.9 Å². The third-order valence-corrected chi connectivity index (χ3v) is 8.54. The van der Waals surface area contributed by atoms with Gasteiger partial charge in [0.15, 0.2) is 4.80 Å². The van der Waals surface area contributed by atoms with E-state index in [1.807, 2.05) is 92.9 Å². The lowest BCUT2D eigenvalue weighted by molar-refractivity contribution is -0.138. The van der Waals surface area contributed by atoms with Crippen molar-refractivity contribution < 1.29 is 19.0 Å². The Morgan fingerprint density at radius 3 is 2.38 bits per heavy atom. The monoisotopic (exact) mass is 646 g/mol. The molecule has 10 heteroatoms. The molecule has 1 atom stereocenters. The van der Waals surface area contributed by atoms with E-state index >= 15 is 0 Å². The maximum Gasteiger partial charge on any atom is 0.338 e. The molecule has 1 unspecified atom stereocenters. The first-order chi connectivity index (χ1) is 22.8. The van der Waals surface area contributed by atoms with Crippen LogP contribution in [0.5, 0.6) is 11.5 Å². The Morgan fingerprint density at radius 1 is 1.02 bits per heavy atom. The molecule has 0 saturated heterocycles. The Labute approximate surface area is 276 Å². The number of ether oxygens (including phenoxy) is 3. The number of rotatable bonds is 10. The first kappa shape index (κ1) is 31.5. The Balaban J connectivity index is 1.51. The summed E-state index contributed by atoms with van der Waals surface area (Å²) in [5, 5.41) is 4.93. The van der Waals surface area contributed by atoms with Crippen LogP contribution >= 0.6 is 11.3 Å². The summed E-state index contributed by atoms with van der Waals surface area (Å²) in [6.07, 6.45) is 5.30. The highest BCUT2D eigenvalue weighted by molar-refractivity contribution is 7.07. The molecule has 0 saturated carbocycles. The summed E-state index contributed by atoms with van der Waals surface area (Å²) in [6.45, 7) is 9.41. The Morgan fingerprint density at radius 2 is 1.72 bits per heavy atom. The average Bonchev–Trinajstić information content (AvgIpc) is 3.64. The molecule has 1 aliphatic rings. The molecule has 2 aromatic heterocycles. The summed E-state index contributed by atoms with van der Waals surface area (Å²) in [5.41, 5.74) is 4.41. The second-order valence-corrected chi connectivity index (χ2v) is 12.2.